The van der Waals surface area contributed by atoms with E-state index in [0.717, 1.165) is 0 Å². The van der Waals surface area contributed by atoms with Gasteiger partial charge in [0.25, 0.3) is 0 Å². The van der Waals surface area contributed by atoms with Gasteiger partial charge in [-0.05, 0) is 45.1 Å². The van der Waals surface area contributed by atoms with Gasteiger partial charge in [-0.3, -0.25) is 0 Å². The number of fused-ring (bicyclic) bond motifs is 4. The molecule has 0 saturated carbocycles. The van der Waals surface area contributed by atoms with Crippen molar-refractivity contribution in [3.8, 4) is 10.4 Å². The normalized spacial score (nSPS) is 11.5. The molecule has 0 radical (unpaired) electrons. The highest BCUT2D eigenvalue weighted by Gasteiger charge is 2.10. The van der Waals surface area contributed by atoms with Crippen LogP contribution in [-0.4, -0.2) is 0 Å². The predicted molar refractivity (Wildman–Crippen MR) is 102 cm³/mol. The van der Waals surface area contributed by atoms with Crippen molar-refractivity contribution in [3.05, 3.63) is 84.9 Å². The SMILES string of the molecule is c1ccc2sc(-c3cc4ccccc4c4ccccc34)cc2c1. The van der Waals surface area contributed by atoms with E-state index in [1.165, 1.54) is 42.1 Å². The monoisotopic (exact) mass is 310 g/mol. The van der Waals surface area contributed by atoms with E-state index in [1.54, 1.807) is 0 Å². The molecule has 1 aromatic heterocycles. The third-order valence-electron chi connectivity index (χ3n) is 4.46. The van der Waals surface area contributed by atoms with Gasteiger partial charge in [-0.15, -0.1) is 11.3 Å². The van der Waals surface area contributed by atoms with Gasteiger partial charge in [0.1, 0.15) is 0 Å². The van der Waals surface area contributed by atoms with E-state index in [0.29, 0.717) is 0 Å². The summed E-state index contributed by atoms with van der Waals surface area (Å²) in [7, 11) is 0. The van der Waals surface area contributed by atoms with Crippen LogP contribution < -0.4 is 0 Å². The van der Waals surface area contributed by atoms with Gasteiger partial charge < -0.3 is 0 Å². The van der Waals surface area contributed by atoms with Crippen LogP contribution in [0.3, 0.4) is 0 Å². The Hall–Kier alpha value is -2.64. The number of benzene rings is 4. The van der Waals surface area contributed by atoms with E-state index in [2.05, 4.69) is 84.9 Å². The highest BCUT2D eigenvalue weighted by molar-refractivity contribution is 7.22. The summed E-state index contributed by atoms with van der Waals surface area (Å²) in [5.74, 6) is 0. The second-order valence-corrected chi connectivity index (χ2v) is 6.92. The summed E-state index contributed by atoms with van der Waals surface area (Å²) in [6, 6.07) is 30.7. The maximum Gasteiger partial charge on any atom is 0.0361 e. The molecule has 0 N–H and O–H groups in total. The second kappa shape index (κ2) is 4.94. The number of hydrogen-bond acceptors (Lipinski definition) is 1. The van der Waals surface area contributed by atoms with Crippen molar-refractivity contribution in [2.45, 2.75) is 0 Å². The lowest BCUT2D eigenvalue weighted by Crippen LogP contribution is -1.82. The second-order valence-electron chi connectivity index (χ2n) is 5.84. The van der Waals surface area contributed by atoms with Gasteiger partial charge in [-0.1, -0.05) is 66.7 Å². The maximum absolute atomic E-state index is 2.34. The molecule has 5 rings (SSSR count). The largest absolute Gasteiger partial charge is 0.135 e. The summed E-state index contributed by atoms with van der Waals surface area (Å²) in [6.07, 6.45) is 0. The van der Waals surface area contributed by atoms with Gasteiger partial charge >= 0.3 is 0 Å². The molecule has 0 unspecified atom stereocenters. The van der Waals surface area contributed by atoms with E-state index >= 15 is 0 Å². The summed E-state index contributed by atoms with van der Waals surface area (Å²) in [5, 5.41) is 6.62. The van der Waals surface area contributed by atoms with Crippen LogP contribution in [0.1, 0.15) is 0 Å². The van der Waals surface area contributed by atoms with Crippen LogP contribution in [0, 0.1) is 0 Å². The molecule has 0 atom stereocenters. The van der Waals surface area contributed by atoms with Crippen molar-refractivity contribution in [1.82, 2.24) is 0 Å². The van der Waals surface area contributed by atoms with Crippen molar-refractivity contribution in [3.63, 3.8) is 0 Å². The average molecular weight is 310 g/mol. The highest BCUT2D eigenvalue weighted by Crippen LogP contribution is 2.39. The fourth-order valence-corrected chi connectivity index (χ4v) is 4.47. The first-order chi connectivity index (χ1) is 11.4. The molecule has 0 saturated heterocycles. The van der Waals surface area contributed by atoms with Gasteiger partial charge in [-0.25, -0.2) is 0 Å². The molecule has 23 heavy (non-hydrogen) atoms. The van der Waals surface area contributed by atoms with Gasteiger partial charge in [-0.2, -0.15) is 0 Å². The Morgan fingerprint density at radius 1 is 0.522 bits per heavy atom. The van der Waals surface area contributed by atoms with Crippen molar-refractivity contribution < 1.29 is 0 Å². The minimum atomic E-state index is 1.30. The Kier molecular flexibility index (Phi) is 2.76. The highest BCUT2D eigenvalue weighted by atomic mass is 32.1. The van der Waals surface area contributed by atoms with Crippen LogP contribution in [0.4, 0.5) is 0 Å². The summed E-state index contributed by atoms with van der Waals surface area (Å²) < 4.78 is 1.35. The lowest BCUT2D eigenvalue weighted by Gasteiger charge is -2.09. The van der Waals surface area contributed by atoms with Crippen molar-refractivity contribution in [2.75, 3.05) is 0 Å². The maximum atomic E-state index is 2.34. The molecule has 0 aliphatic rings. The molecule has 5 aromatic rings. The minimum absolute atomic E-state index is 1.30. The van der Waals surface area contributed by atoms with Crippen LogP contribution in [0.25, 0.3) is 42.1 Å². The quantitative estimate of drug-likeness (QED) is 0.296. The lowest BCUT2D eigenvalue weighted by atomic mass is 9.96. The smallest absolute Gasteiger partial charge is 0.0361 e. The van der Waals surface area contributed by atoms with Gasteiger partial charge in [0.05, 0.1) is 0 Å². The topological polar surface area (TPSA) is 0 Å². The summed E-state index contributed by atoms with van der Waals surface area (Å²) in [5.41, 5.74) is 1.33. The van der Waals surface area contributed by atoms with Crippen molar-refractivity contribution >= 4 is 43.0 Å². The van der Waals surface area contributed by atoms with E-state index in [9.17, 15) is 0 Å². The molecule has 0 fully saturated rings. The first-order valence-electron chi connectivity index (χ1n) is 7.79. The molecule has 0 spiro atoms. The van der Waals surface area contributed by atoms with Crippen molar-refractivity contribution in [1.29, 1.82) is 0 Å². The average Bonchev–Trinajstić information content (AvgIpc) is 3.05. The Bertz CT molecular complexity index is 1130. The van der Waals surface area contributed by atoms with E-state index in [1.807, 2.05) is 11.3 Å². The first kappa shape index (κ1) is 12.9. The number of rotatable bonds is 1. The van der Waals surface area contributed by atoms with Crippen LogP contribution in [0.5, 0.6) is 0 Å². The Balaban J connectivity index is 1.92. The Morgan fingerprint density at radius 2 is 1.17 bits per heavy atom. The standard InChI is InChI=1S/C22H14S/c1-3-9-17-15(7-1)13-20(19-11-5-4-10-18(17)19)22-14-16-8-2-6-12-21(16)23-22/h1-14H. The minimum Gasteiger partial charge on any atom is -0.135 e. The van der Waals surface area contributed by atoms with Crippen LogP contribution in [-0.2, 0) is 0 Å². The zero-order valence-corrected chi connectivity index (χ0v) is 13.3. The molecule has 0 aliphatic carbocycles. The molecular weight excluding hydrogens is 296 g/mol. The van der Waals surface area contributed by atoms with Crippen molar-refractivity contribution in [2.24, 2.45) is 0 Å². The fraction of sp³-hybridized carbons (Fsp3) is 0. The van der Waals surface area contributed by atoms with E-state index in [-0.39, 0.29) is 0 Å². The summed E-state index contributed by atoms with van der Waals surface area (Å²) >= 11 is 1.87. The molecule has 0 bridgehead atoms. The molecule has 1 heterocycles. The summed E-state index contributed by atoms with van der Waals surface area (Å²) in [4.78, 5) is 1.34. The summed E-state index contributed by atoms with van der Waals surface area (Å²) in [6.45, 7) is 0. The zero-order chi connectivity index (χ0) is 15.2. The molecular formula is C22H14S. The van der Waals surface area contributed by atoms with Gasteiger partial charge in [0.2, 0.25) is 0 Å². The Labute approximate surface area is 138 Å². The molecule has 0 aliphatic heterocycles. The predicted octanol–water partition coefficient (Wildman–Crippen LogP) is 6.87. The molecule has 0 amide bonds. The molecule has 1 heteroatoms. The third kappa shape index (κ3) is 1.97. The van der Waals surface area contributed by atoms with E-state index < -0.39 is 0 Å². The zero-order valence-electron chi connectivity index (χ0n) is 12.5. The third-order valence-corrected chi connectivity index (χ3v) is 5.61. The molecule has 0 nitrogen and oxygen atoms in total. The Morgan fingerprint density at radius 3 is 2.00 bits per heavy atom. The molecule has 4 aromatic carbocycles. The lowest BCUT2D eigenvalue weighted by molar-refractivity contribution is 1.75. The van der Waals surface area contributed by atoms with Crippen LogP contribution in [0.15, 0.2) is 84.9 Å². The molecule has 108 valence electrons. The van der Waals surface area contributed by atoms with Gasteiger partial charge in [0.15, 0.2) is 0 Å². The number of thiophene rings is 1. The van der Waals surface area contributed by atoms with Crippen LogP contribution >= 0.6 is 11.3 Å². The van der Waals surface area contributed by atoms with E-state index in [4.69, 9.17) is 0 Å². The van der Waals surface area contributed by atoms with Gasteiger partial charge in [0, 0.05) is 15.1 Å². The number of hydrogen-bond donors (Lipinski definition) is 0. The fourth-order valence-electron chi connectivity index (χ4n) is 3.37. The van der Waals surface area contributed by atoms with Crippen LogP contribution in [0.2, 0.25) is 0 Å². The first-order valence-corrected chi connectivity index (χ1v) is 8.61.